The predicted octanol–water partition coefficient (Wildman–Crippen LogP) is 7.47. The molecule has 0 spiro atoms. The van der Waals surface area contributed by atoms with Gasteiger partial charge < -0.3 is 19.7 Å². The van der Waals surface area contributed by atoms with Crippen molar-refractivity contribution in [2.75, 3.05) is 26.9 Å². The van der Waals surface area contributed by atoms with Gasteiger partial charge in [0, 0.05) is 20.1 Å². The van der Waals surface area contributed by atoms with Crippen molar-refractivity contribution < 1.29 is 50.8 Å². The lowest BCUT2D eigenvalue weighted by atomic mass is 9.54. The third kappa shape index (κ3) is 5.64. The summed E-state index contributed by atoms with van der Waals surface area (Å²) >= 11 is 0. The Bertz CT molecular complexity index is 1060. The molecule has 0 aliphatic heterocycles. The molecule has 6 fully saturated rings. The minimum atomic E-state index is -5.79. The van der Waals surface area contributed by atoms with Crippen molar-refractivity contribution in [3.05, 3.63) is 0 Å². The van der Waals surface area contributed by atoms with Gasteiger partial charge in [-0.3, -0.25) is 4.79 Å². The summed E-state index contributed by atoms with van der Waals surface area (Å²) in [5.41, 5.74) is -4.70. The number of hydrogen-bond donors (Lipinski definition) is 2. The van der Waals surface area contributed by atoms with Gasteiger partial charge in [-0.05, 0) is 140 Å². The quantitative estimate of drug-likeness (QED) is 0.169. The van der Waals surface area contributed by atoms with Crippen molar-refractivity contribution in [3.63, 3.8) is 0 Å². The number of rotatable bonds is 12. The van der Waals surface area contributed by atoms with Gasteiger partial charge in [0.15, 0.2) is 0 Å². The van der Waals surface area contributed by atoms with Crippen LogP contribution in [0.4, 0.5) is 26.3 Å². The maximum absolute atomic E-state index is 13.8. The second-order valence-corrected chi connectivity index (χ2v) is 16.1. The van der Waals surface area contributed by atoms with E-state index in [0.29, 0.717) is 92.3 Å². The van der Waals surface area contributed by atoms with Gasteiger partial charge in [0.1, 0.15) is 0 Å². The van der Waals surface area contributed by atoms with Gasteiger partial charge in [-0.1, -0.05) is 13.8 Å². The van der Waals surface area contributed by atoms with Gasteiger partial charge in [0.05, 0.1) is 13.2 Å². The van der Waals surface area contributed by atoms with Crippen LogP contribution in [0.2, 0.25) is 0 Å². The molecule has 11 heteroatoms. The van der Waals surface area contributed by atoms with Gasteiger partial charge in [0.2, 0.25) is 0 Å². The molecule has 0 saturated heterocycles. The fourth-order valence-corrected chi connectivity index (χ4v) is 12.9. The Morgan fingerprint density at radius 2 is 1.29 bits per heavy atom. The normalized spacial score (nSPS) is 45.7. The van der Waals surface area contributed by atoms with Crippen molar-refractivity contribution in [2.24, 2.45) is 88.8 Å². The summed E-state index contributed by atoms with van der Waals surface area (Å²) < 4.78 is 93.7. The monoisotopic (exact) mass is 652 g/mol. The first kappa shape index (κ1) is 33.8. The highest BCUT2D eigenvalue weighted by Crippen LogP contribution is 2.72. The van der Waals surface area contributed by atoms with Crippen molar-refractivity contribution in [1.29, 1.82) is 0 Å². The van der Waals surface area contributed by atoms with Crippen molar-refractivity contribution in [2.45, 2.75) is 89.6 Å². The molecule has 2 N–H and O–H groups in total. The zero-order valence-corrected chi connectivity index (χ0v) is 26.5. The number of hydrogen-bond acceptors (Lipinski definition) is 4. The molecule has 0 aromatic carbocycles. The van der Waals surface area contributed by atoms with Crippen LogP contribution in [0.15, 0.2) is 0 Å². The Hall–Kier alpha value is -1.07. The second-order valence-electron chi connectivity index (χ2n) is 16.1. The van der Waals surface area contributed by atoms with E-state index in [9.17, 15) is 41.4 Å². The minimum Gasteiger partial charge on any atom is -0.481 e. The van der Waals surface area contributed by atoms with Gasteiger partial charge in [0.25, 0.3) is 5.60 Å². The zero-order valence-electron chi connectivity index (χ0n) is 26.5. The largest absolute Gasteiger partial charge is 0.481 e. The van der Waals surface area contributed by atoms with Gasteiger partial charge in [-0.15, -0.1) is 0 Å². The van der Waals surface area contributed by atoms with Crippen LogP contribution >= 0.6 is 0 Å². The number of ether oxygens (including phenoxy) is 2. The highest BCUT2D eigenvalue weighted by Gasteiger charge is 2.72. The summed E-state index contributed by atoms with van der Waals surface area (Å²) in [6.07, 6.45) is -7.09. The van der Waals surface area contributed by atoms with Crippen molar-refractivity contribution in [3.8, 4) is 0 Å². The smallest absolute Gasteiger partial charge is 0.426 e. The van der Waals surface area contributed by atoms with Crippen molar-refractivity contribution >= 4 is 5.97 Å². The third-order valence-corrected chi connectivity index (χ3v) is 14.4. The Balaban J connectivity index is 1.26. The van der Waals surface area contributed by atoms with E-state index in [-0.39, 0.29) is 36.0 Å². The molecule has 258 valence electrons. The molecule has 0 aromatic heterocycles. The number of carboxylic acids is 1. The average Bonchev–Trinajstić information content (AvgIpc) is 3.78. The first-order valence-electron chi connectivity index (χ1n) is 17.2. The van der Waals surface area contributed by atoms with E-state index in [1.807, 2.05) is 0 Å². The molecule has 0 heterocycles. The number of alkyl halides is 6. The molecule has 0 amide bonds. The molecular weight excluding hydrogens is 602 g/mol. The van der Waals surface area contributed by atoms with E-state index < -0.39 is 36.3 Å². The summed E-state index contributed by atoms with van der Waals surface area (Å²) in [5.74, 6) is 2.38. The Morgan fingerprint density at radius 3 is 1.89 bits per heavy atom. The Morgan fingerprint density at radius 1 is 0.711 bits per heavy atom. The van der Waals surface area contributed by atoms with E-state index in [2.05, 4.69) is 13.8 Å². The highest BCUT2D eigenvalue weighted by atomic mass is 19.4. The number of halogens is 6. The van der Waals surface area contributed by atoms with E-state index in [4.69, 9.17) is 9.47 Å². The lowest BCUT2D eigenvalue weighted by Crippen LogP contribution is -2.58. The second kappa shape index (κ2) is 12.1. The van der Waals surface area contributed by atoms with Crippen LogP contribution in [-0.4, -0.2) is 61.1 Å². The van der Waals surface area contributed by atoms with Crippen LogP contribution in [0.3, 0.4) is 0 Å². The lowest BCUT2D eigenvalue weighted by Gasteiger charge is -2.51. The van der Waals surface area contributed by atoms with Crippen LogP contribution in [0, 0.1) is 88.8 Å². The zero-order chi connectivity index (χ0) is 32.6. The van der Waals surface area contributed by atoms with Crippen LogP contribution < -0.4 is 0 Å². The van der Waals surface area contributed by atoms with Crippen LogP contribution in [0.5, 0.6) is 0 Å². The third-order valence-electron chi connectivity index (χ3n) is 14.4. The van der Waals surface area contributed by atoms with Gasteiger partial charge in [-0.25, -0.2) is 0 Å². The Labute approximate surface area is 262 Å². The molecule has 6 bridgehead atoms. The van der Waals surface area contributed by atoms with Crippen molar-refractivity contribution in [1.82, 2.24) is 0 Å². The molecule has 15 unspecified atom stereocenters. The van der Waals surface area contributed by atoms with E-state index in [0.717, 1.165) is 25.7 Å². The van der Waals surface area contributed by atoms with E-state index in [1.54, 1.807) is 7.11 Å². The first-order valence-corrected chi connectivity index (χ1v) is 17.2. The lowest BCUT2D eigenvalue weighted by molar-refractivity contribution is -0.373. The van der Waals surface area contributed by atoms with E-state index in [1.165, 1.54) is 0 Å². The number of aliphatic hydroxyl groups is 1. The SMILES string of the molecule is COCCOCC1CC2CC1C(C)C2C1C2CC(CC2CCC(=O)O)C1C1C(C)C2CC(CC(O)(C(F)(F)F)C(F)(F)F)C1C2. The number of fused-ring (bicyclic) bond motifs is 6. The summed E-state index contributed by atoms with van der Waals surface area (Å²) in [6.45, 7) is 6.31. The van der Waals surface area contributed by atoms with Crippen LogP contribution in [-0.2, 0) is 14.3 Å². The summed E-state index contributed by atoms with van der Waals surface area (Å²) in [7, 11) is 1.65. The maximum atomic E-state index is 13.8. The molecule has 6 saturated carbocycles. The molecule has 45 heavy (non-hydrogen) atoms. The summed E-state index contributed by atoms with van der Waals surface area (Å²) in [5, 5.41) is 19.6. The minimum absolute atomic E-state index is 0.0411. The number of methoxy groups -OCH3 is 1. The maximum Gasteiger partial charge on any atom is 0.426 e. The Kier molecular flexibility index (Phi) is 9.10. The fourth-order valence-electron chi connectivity index (χ4n) is 12.9. The molecule has 6 aliphatic carbocycles. The molecular formula is C34H50F6O5. The van der Waals surface area contributed by atoms with Gasteiger partial charge >= 0.3 is 18.3 Å². The standard InChI is InChI=1S/C34H50F6O5/c1-16-19-9-22(14-32(43,33(35,36)37)34(38,39)40)26(11-19)29(16)30-21-8-18(4-5-27(41)42)25(13-21)31(30)28-17(2)24-12-20(28)10-23(24)15-45-7-6-44-3/h16-26,28-31,43H,4-15H2,1-3H3,(H,41,42). The van der Waals surface area contributed by atoms with Crippen LogP contribution in [0.1, 0.15) is 71.6 Å². The molecule has 0 radical (unpaired) electrons. The fraction of sp³-hybridized carbons (Fsp3) is 0.971. The molecule has 5 nitrogen and oxygen atoms in total. The molecule has 6 rings (SSSR count). The number of carbonyl (C=O) groups is 1. The molecule has 0 aromatic rings. The summed E-state index contributed by atoms with van der Waals surface area (Å²) in [6, 6.07) is 0. The topological polar surface area (TPSA) is 76.0 Å². The first-order chi connectivity index (χ1) is 21.1. The van der Waals surface area contributed by atoms with Crippen LogP contribution in [0.25, 0.3) is 0 Å². The number of carboxylic acid groups (broad SMARTS) is 1. The highest BCUT2D eigenvalue weighted by molar-refractivity contribution is 5.66. The van der Waals surface area contributed by atoms with E-state index >= 15 is 0 Å². The summed E-state index contributed by atoms with van der Waals surface area (Å²) in [4.78, 5) is 11.5. The predicted molar refractivity (Wildman–Crippen MR) is 153 cm³/mol. The van der Waals surface area contributed by atoms with Gasteiger partial charge in [-0.2, -0.15) is 26.3 Å². The number of aliphatic carboxylic acids is 1. The molecule has 15 atom stereocenters. The molecule has 6 aliphatic rings. The average molecular weight is 653 g/mol.